The van der Waals surface area contributed by atoms with Crippen LogP contribution in [0.4, 0.5) is 0 Å². The van der Waals surface area contributed by atoms with Crippen molar-refractivity contribution >= 4 is 12.3 Å². The van der Waals surface area contributed by atoms with Gasteiger partial charge in [-0.05, 0) is 35.7 Å². The van der Waals surface area contributed by atoms with Gasteiger partial charge in [0.25, 0.3) is 0 Å². The number of benzene rings is 2. The largest absolute Gasteiger partial charge is 0.488 e. The molecule has 0 radical (unpaired) electrons. The van der Waals surface area contributed by atoms with E-state index in [1.165, 1.54) is 7.11 Å². The summed E-state index contributed by atoms with van der Waals surface area (Å²) in [5.41, 5.74) is 3.35. The molecule has 4 nitrogen and oxygen atoms in total. The predicted octanol–water partition coefficient (Wildman–Crippen LogP) is 3.10. The lowest BCUT2D eigenvalue weighted by Gasteiger charge is -2.11. The van der Waals surface area contributed by atoms with Gasteiger partial charge in [0.2, 0.25) is 0 Å². The summed E-state index contributed by atoms with van der Waals surface area (Å²) in [5, 5.41) is 0. The van der Waals surface area contributed by atoms with E-state index in [0.717, 1.165) is 23.0 Å². The molecule has 0 heterocycles. The van der Waals surface area contributed by atoms with Gasteiger partial charge in [-0.1, -0.05) is 30.3 Å². The molecule has 0 N–H and O–H groups in total. The van der Waals surface area contributed by atoms with Crippen LogP contribution in [0.2, 0.25) is 0 Å². The van der Waals surface area contributed by atoms with Crippen LogP contribution in [-0.4, -0.2) is 19.4 Å². The average molecular weight is 298 g/mol. The van der Waals surface area contributed by atoms with Gasteiger partial charge in [-0.25, -0.2) is 0 Å². The first kappa shape index (κ1) is 15.8. The number of ether oxygens (including phenoxy) is 2. The maximum atomic E-state index is 11.3. The van der Waals surface area contributed by atoms with Crippen LogP contribution in [0.1, 0.15) is 27.0 Å². The average Bonchev–Trinajstić information content (AvgIpc) is 2.54. The Bertz CT molecular complexity index is 677. The molecule has 0 saturated carbocycles. The van der Waals surface area contributed by atoms with E-state index in [0.29, 0.717) is 17.9 Å². The number of carbonyl (C=O) groups excluding carboxylic acids is 2. The maximum absolute atomic E-state index is 11.3. The molecule has 2 aromatic carbocycles. The van der Waals surface area contributed by atoms with Gasteiger partial charge in [0.1, 0.15) is 12.4 Å². The van der Waals surface area contributed by atoms with Gasteiger partial charge in [-0.3, -0.25) is 9.59 Å². The highest BCUT2D eigenvalue weighted by atomic mass is 16.5. The molecule has 0 bridgehead atoms. The summed E-state index contributed by atoms with van der Waals surface area (Å²) in [6, 6.07) is 13.0. The third-order valence-electron chi connectivity index (χ3n) is 3.42. The van der Waals surface area contributed by atoms with E-state index in [1.807, 2.05) is 31.2 Å². The van der Waals surface area contributed by atoms with Crippen LogP contribution in [0, 0.1) is 6.92 Å². The Morgan fingerprint density at radius 2 is 1.95 bits per heavy atom. The van der Waals surface area contributed by atoms with Crippen molar-refractivity contribution in [1.82, 2.24) is 0 Å². The molecule has 0 unspecified atom stereocenters. The first-order valence-corrected chi connectivity index (χ1v) is 6.96. The van der Waals surface area contributed by atoms with E-state index in [2.05, 4.69) is 4.74 Å². The summed E-state index contributed by atoms with van der Waals surface area (Å²) in [6.07, 6.45) is 0.864. The van der Waals surface area contributed by atoms with E-state index >= 15 is 0 Å². The first-order chi connectivity index (χ1) is 10.6. The van der Waals surface area contributed by atoms with Crippen LogP contribution in [0.3, 0.4) is 0 Å². The monoisotopic (exact) mass is 298 g/mol. The molecule has 22 heavy (non-hydrogen) atoms. The first-order valence-electron chi connectivity index (χ1n) is 6.96. The van der Waals surface area contributed by atoms with Crippen molar-refractivity contribution in [2.75, 3.05) is 7.11 Å². The van der Waals surface area contributed by atoms with Crippen molar-refractivity contribution in [2.24, 2.45) is 0 Å². The Labute approximate surface area is 129 Å². The molecule has 0 aliphatic carbocycles. The van der Waals surface area contributed by atoms with Crippen LogP contribution < -0.4 is 4.74 Å². The Balaban J connectivity index is 2.12. The van der Waals surface area contributed by atoms with Gasteiger partial charge in [-0.2, -0.15) is 0 Å². The number of aryl methyl sites for hydroxylation is 1. The molecule has 4 heteroatoms. The molecule has 0 fully saturated rings. The molecule has 0 aliphatic rings. The van der Waals surface area contributed by atoms with Crippen molar-refractivity contribution < 1.29 is 19.1 Å². The number of hydrogen-bond donors (Lipinski definition) is 0. The number of rotatable bonds is 6. The highest BCUT2D eigenvalue weighted by Gasteiger charge is 2.09. The summed E-state index contributed by atoms with van der Waals surface area (Å²) in [5.74, 6) is 0.164. The molecule has 0 atom stereocenters. The van der Waals surface area contributed by atoms with Crippen LogP contribution in [0.25, 0.3) is 0 Å². The second-order valence-corrected chi connectivity index (χ2v) is 4.96. The highest BCUT2D eigenvalue weighted by Crippen LogP contribution is 2.21. The number of hydrogen-bond acceptors (Lipinski definition) is 4. The lowest BCUT2D eigenvalue weighted by Crippen LogP contribution is -2.05. The third-order valence-corrected chi connectivity index (χ3v) is 3.42. The lowest BCUT2D eigenvalue weighted by atomic mass is 10.1. The number of methoxy groups -OCH3 is 1. The fourth-order valence-electron chi connectivity index (χ4n) is 2.10. The van der Waals surface area contributed by atoms with E-state index < -0.39 is 0 Å². The smallest absolute Gasteiger partial charge is 0.309 e. The van der Waals surface area contributed by atoms with E-state index in [1.54, 1.807) is 18.2 Å². The van der Waals surface area contributed by atoms with Gasteiger partial charge in [-0.15, -0.1) is 0 Å². The fraction of sp³-hybridized carbons (Fsp3) is 0.222. The van der Waals surface area contributed by atoms with Crippen molar-refractivity contribution in [3.05, 3.63) is 64.7 Å². The molecular weight excluding hydrogens is 280 g/mol. The van der Waals surface area contributed by atoms with Crippen molar-refractivity contribution in [3.8, 4) is 5.75 Å². The Hall–Kier alpha value is -2.62. The normalized spacial score (nSPS) is 10.1. The fourth-order valence-corrected chi connectivity index (χ4v) is 2.10. The number of carbonyl (C=O) groups is 2. The van der Waals surface area contributed by atoms with E-state index in [-0.39, 0.29) is 12.4 Å². The molecule has 2 rings (SSSR count). The minimum Gasteiger partial charge on any atom is -0.488 e. The van der Waals surface area contributed by atoms with Gasteiger partial charge in [0.15, 0.2) is 6.29 Å². The number of aldehydes is 1. The minimum atomic E-state index is -0.342. The van der Waals surface area contributed by atoms with Crippen molar-refractivity contribution in [1.29, 1.82) is 0 Å². The molecule has 2 aromatic rings. The highest BCUT2D eigenvalue weighted by molar-refractivity contribution is 5.81. The SMILES string of the molecule is COC(=O)Cc1ccc(OCc2ccccc2C)c(C=O)c1. The van der Waals surface area contributed by atoms with E-state index in [9.17, 15) is 9.59 Å². The molecule has 0 aromatic heterocycles. The molecule has 0 aliphatic heterocycles. The van der Waals surface area contributed by atoms with Crippen LogP contribution in [-0.2, 0) is 22.6 Å². The third kappa shape index (κ3) is 3.95. The summed E-state index contributed by atoms with van der Waals surface area (Å²) in [7, 11) is 1.34. The van der Waals surface area contributed by atoms with Crippen molar-refractivity contribution in [2.45, 2.75) is 20.0 Å². The minimum absolute atomic E-state index is 0.134. The molecule has 0 saturated heterocycles. The Morgan fingerprint density at radius 3 is 2.64 bits per heavy atom. The zero-order chi connectivity index (χ0) is 15.9. The van der Waals surface area contributed by atoms with Crippen molar-refractivity contribution in [3.63, 3.8) is 0 Å². The maximum Gasteiger partial charge on any atom is 0.309 e. The van der Waals surface area contributed by atoms with Gasteiger partial charge in [0.05, 0.1) is 19.1 Å². The van der Waals surface area contributed by atoms with Crippen LogP contribution in [0.5, 0.6) is 5.75 Å². The van der Waals surface area contributed by atoms with Gasteiger partial charge < -0.3 is 9.47 Å². The lowest BCUT2D eigenvalue weighted by molar-refractivity contribution is -0.139. The Morgan fingerprint density at radius 1 is 1.18 bits per heavy atom. The zero-order valence-corrected chi connectivity index (χ0v) is 12.7. The second-order valence-electron chi connectivity index (χ2n) is 4.96. The summed E-state index contributed by atoms with van der Waals surface area (Å²) < 4.78 is 10.4. The molecule has 114 valence electrons. The summed E-state index contributed by atoms with van der Waals surface area (Å²) in [6.45, 7) is 2.41. The molecule has 0 amide bonds. The van der Waals surface area contributed by atoms with E-state index in [4.69, 9.17) is 4.74 Å². The summed E-state index contributed by atoms with van der Waals surface area (Å²) in [4.78, 5) is 22.5. The quantitative estimate of drug-likeness (QED) is 0.607. The number of esters is 1. The topological polar surface area (TPSA) is 52.6 Å². The Kier molecular flexibility index (Phi) is 5.31. The zero-order valence-electron chi connectivity index (χ0n) is 12.7. The second kappa shape index (κ2) is 7.41. The summed E-state index contributed by atoms with van der Waals surface area (Å²) >= 11 is 0. The van der Waals surface area contributed by atoms with Crippen LogP contribution >= 0.6 is 0 Å². The predicted molar refractivity (Wildman–Crippen MR) is 83.1 cm³/mol. The standard InChI is InChI=1S/C18H18O4/c1-13-5-3-4-6-15(13)12-22-17-8-7-14(9-16(17)11-19)10-18(20)21-2/h3-9,11H,10,12H2,1-2H3. The molecular formula is C18H18O4. The van der Waals surface area contributed by atoms with Crippen LogP contribution in [0.15, 0.2) is 42.5 Å². The van der Waals surface area contributed by atoms with Gasteiger partial charge in [0, 0.05) is 0 Å². The van der Waals surface area contributed by atoms with Gasteiger partial charge >= 0.3 is 5.97 Å². The molecule has 0 spiro atoms.